The fourth-order valence-electron chi connectivity index (χ4n) is 8.95. The van der Waals surface area contributed by atoms with Gasteiger partial charge in [0.05, 0.1) is 16.7 Å². The number of nitrogens with zero attached hydrogens (tertiary/aromatic N) is 2. The van der Waals surface area contributed by atoms with E-state index in [9.17, 15) is 0 Å². The highest BCUT2D eigenvalue weighted by Crippen LogP contribution is 2.52. The van der Waals surface area contributed by atoms with Gasteiger partial charge in [0.2, 0.25) is 0 Å². The first kappa shape index (κ1) is 29.2. The van der Waals surface area contributed by atoms with Crippen LogP contribution >= 0.6 is 0 Å². The molecule has 8 aromatic carbocycles. The van der Waals surface area contributed by atoms with Crippen molar-refractivity contribution in [2.24, 2.45) is 0 Å². The summed E-state index contributed by atoms with van der Waals surface area (Å²) in [6.45, 7) is 4.67. The van der Waals surface area contributed by atoms with E-state index in [2.05, 4.69) is 193 Å². The second-order valence-electron chi connectivity index (χ2n) is 14.5. The van der Waals surface area contributed by atoms with E-state index in [-0.39, 0.29) is 5.41 Å². The predicted molar refractivity (Wildman–Crippen MR) is 218 cm³/mol. The minimum atomic E-state index is -0.0752. The Hall–Kier alpha value is -6.58. The number of hydrogen-bond donors (Lipinski definition) is 0. The van der Waals surface area contributed by atoms with Crippen molar-refractivity contribution in [3.05, 3.63) is 181 Å². The summed E-state index contributed by atoms with van der Waals surface area (Å²) in [5.41, 5.74) is 13.7. The molecular weight excluding hydrogens is 633 g/mol. The molecule has 246 valence electrons. The van der Waals surface area contributed by atoms with Gasteiger partial charge >= 0.3 is 0 Å². The SMILES string of the molecule is CC1(C)c2ccccc2-c2cc(N(c3ccc(-n4c5ccccc5c5ccccc54)cc3)c3cc4ccccc4c4c3oc3ccccc34)ccc21. The first-order valence-corrected chi connectivity index (χ1v) is 18.0. The Balaban J connectivity index is 1.18. The molecule has 10 aromatic rings. The second-order valence-corrected chi connectivity index (χ2v) is 14.5. The third-order valence-electron chi connectivity index (χ3n) is 11.4. The summed E-state index contributed by atoms with van der Waals surface area (Å²) in [4.78, 5) is 2.39. The zero-order valence-electron chi connectivity index (χ0n) is 29.0. The van der Waals surface area contributed by atoms with Gasteiger partial charge in [0.25, 0.3) is 0 Å². The lowest BCUT2D eigenvalue weighted by atomic mass is 9.82. The summed E-state index contributed by atoms with van der Waals surface area (Å²) in [6.07, 6.45) is 0. The lowest BCUT2D eigenvalue weighted by molar-refractivity contribution is 0.660. The Bertz CT molecular complexity index is 3000. The number of fused-ring (bicyclic) bond motifs is 11. The third-order valence-corrected chi connectivity index (χ3v) is 11.4. The molecule has 0 bridgehead atoms. The third kappa shape index (κ3) is 4.02. The van der Waals surface area contributed by atoms with Gasteiger partial charge in [-0.3, -0.25) is 0 Å². The fraction of sp³-hybridized carbons (Fsp3) is 0.0612. The van der Waals surface area contributed by atoms with Crippen molar-refractivity contribution in [2.75, 3.05) is 4.90 Å². The number of furan rings is 1. The Morgan fingerprint density at radius 2 is 1.10 bits per heavy atom. The average Bonchev–Trinajstić information content (AvgIpc) is 3.82. The summed E-state index contributed by atoms with van der Waals surface area (Å²) in [5.74, 6) is 0. The minimum Gasteiger partial charge on any atom is -0.454 e. The van der Waals surface area contributed by atoms with Gasteiger partial charge in [-0.2, -0.15) is 0 Å². The van der Waals surface area contributed by atoms with Crippen LogP contribution in [0.5, 0.6) is 0 Å². The summed E-state index contributed by atoms with van der Waals surface area (Å²) >= 11 is 0. The Morgan fingerprint density at radius 1 is 0.500 bits per heavy atom. The predicted octanol–water partition coefficient (Wildman–Crippen LogP) is 13.6. The van der Waals surface area contributed by atoms with E-state index in [1.165, 1.54) is 54.8 Å². The molecule has 0 aliphatic heterocycles. The fourth-order valence-corrected chi connectivity index (χ4v) is 8.95. The smallest absolute Gasteiger partial charge is 0.160 e. The number of aromatic nitrogens is 1. The molecule has 3 nitrogen and oxygen atoms in total. The highest BCUT2D eigenvalue weighted by Gasteiger charge is 2.35. The van der Waals surface area contributed by atoms with E-state index in [1.807, 2.05) is 0 Å². The Kier molecular flexibility index (Phi) is 6.01. The van der Waals surface area contributed by atoms with E-state index in [0.29, 0.717) is 0 Å². The molecule has 2 heterocycles. The Morgan fingerprint density at radius 3 is 1.87 bits per heavy atom. The van der Waals surface area contributed by atoms with E-state index in [4.69, 9.17) is 4.42 Å². The molecule has 0 unspecified atom stereocenters. The second kappa shape index (κ2) is 10.7. The molecule has 0 fully saturated rings. The maximum atomic E-state index is 6.83. The number of hydrogen-bond acceptors (Lipinski definition) is 2. The van der Waals surface area contributed by atoms with Crippen molar-refractivity contribution in [2.45, 2.75) is 19.3 Å². The maximum absolute atomic E-state index is 6.83. The van der Waals surface area contributed by atoms with Crippen LogP contribution in [0.15, 0.2) is 174 Å². The maximum Gasteiger partial charge on any atom is 0.160 e. The molecule has 0 amide bonds. The van der Waals surface area contributed by atoms with Crippen LogP contribution in [0.2, 0.25) is 0 Å². The molecule has 2 aromatic heterocycles. The highest BCUT2D eigenvalue weighted by molar-refractivity contribution is 6.23. The molecule has 11 rings (SSSR count). The summed E-state index contributed by atoms with van der Waals surface area (Å²) in [5, 5.41) is 7.15. The zero-order valence-corrected chi connectivity index (χ0v) is 29.0. The molecule has 1 aliphatic rings. The molecule has 0 atom stereocenters. The van der Waals surface area contributed by atoms with Gasteiger partial charge in [-0.25, -0.2) is 0 Å². The molecule has 52 heavy (non-hydrogen) atoms. The van der Waals surface area contributed by atoms with Crippen LogP contribution in [0.4, 0.5) is 17.1 Å². The van der Waals surface area contributed by atoms with Crippen molar-refractivity contribution < 1.29 is 4.42 Å². The quantitative estimate of drug-likeness (QED) is 0.186. The van der Waals surface area contributed by atoms with Crippen molar-refractivity contribution in [3.63, 3.8) is 0 Å². The number of rotatable bonds is 4. The summed E-state index contributed by atoms with van der Waals surface area (Å²) in [6, 6.07) is 61.6. The van der Waals surface area contributed by atoms with E-state index in [1.54, 1.807) is 0 Å². The molecular formula is C49H34N2O. The number of benzene rings is 8. The van der Waals surface area contributed by atoms with Crippen LogP contribution in [-0.2, 0) is 5.41 Å². The Labute approximate surface area is 301 Å². The van der Waals surface area contributed by atoms with E-state index >= 15 is 0 Å². The van der Waals surface area contributed by atoms with E-state index < -0.39 is 0 Å². The van der Waals surface area contributed by atoms with Crippen LogP contribution in [0.1, 0.15) is 25.0 Å². The van der Waals surface area contributed by atoms with Crippen LogP contribution < -0.4 is 4.90 Å². The average molecular weight is 667 g/mol. The van der Waals surface area contributed by atoms with Crippen molar-refractivity contribution in [1.82, 2.24) is 4.57 Å². The van der Waals surface area contributed by atoms with Crippen molar-refractivity contribution in [3.8, 4) is 16.8 Å². The highest BCUT2D eigenvalue weighted by atomic mass is 16.3. The van der Waals surface area contributed by atoms with Gasteiger partial charge < -0.3 is 13.9 Å². The van der Waals surface area contributed by atoms with Crippen LogP contribution in [0, 0.1) is 0 Å². The minimum absolute atomic E-state index is 0.0752. The van der Waals surface area contributed by atoms with Gasteiger partial charge in [-0.1, -0.05) is 123 Å². The standard InChI is InChI=1S/C49H34N2O/c1-49(2)41-19-9-5-15-36(41)40-30-34(27-28-42(40)49)50(45-29-31-13-3-4-14-35(31)47-39-18-8-12-22-46(39)52-48(45)47)32-23-25-33(26-24-32)51-43-20-10-6-16-37(43)38-17-7-11-21-44(38)51/h3-30H,1-2H3. The zero-order chi connectivity index (χ0) is 34.6. The molecule has 1 aliphatic carbocycles. The molecule has 0 radical (unpaired) electrons. The molecule has 0 saturated heterocycles. The summed E-state index contributed by atoms with van der Waals surface area (Å²) < 4.78 is 9.21. The first-order chi connectivity index (χ1) is 25.6. The van der Waals surface area contributed by atoms with Crippen LogP contribution in [0.3, 0.4) is 0 Å². The topological polar surface area (TPSA) is 21.3 Å². The van der Waals surface area contributed by atoms with Gasteiger partial charge in [-0.05, 0) is 93.7 Å². The van der Waals surface area contributed by atoms with Crippen LogP contribution in [0.25, 0.3) is 71.3 Å². The monoisotopic (exact) mass is 666 g/mol. The first-order valence-electron chi connectivity index (χ1n) is 18.0. The van der Waals surface area contributed by atoms with Gasteiger partial charge in [0, 0.05) is 44.0 Å². The number of anilines is 3. The van der Waals surface area contributed by atoms with E-state index in [0.717, 1.165) is 44.7 Å². The van der Waals surface area contributed by atoms with Crippen molar-refractivity contribution >= 4 is 71.6 Å². The lowest BCUT2D eigenvalue weighted by Gasteiger charge is -2.28. The van der Waals surface area contributed by atoms with Crippen LogP contribution in [-0.4, -0.2) is 4.57 Å². The van der Waals surface area contributed by atoms with Gasteiger partial charge in [0.1, 0.15) is 5.58 Å². The van der Waals surface area contributed by atoms with Gasteiger partial charge in [0.15, 0.2) is 5.58 Å². The lowest BCUT2D eigenvalue weighted by Crippen LogP contribution is -2.15. The summed E-state index contributed by atoms with van der Waals surface area (Å²) in [7, 11) is 0. The molecule has 3 heteroatoms. The van der Waals surface area contributed by atoms with Crippen molar-refractivity contribution in [1.29, 1.82) is 0 Å². The molecule has 0 N–H and O–H groups in total. The molecule has 0 saturated carbocycles. The van der Waals surface area contributed by atoms with Gasteiger partial charge in [-0.15, -0.1) is 0 Å². The number of para-hydroxylation sites is 3. The molecule has 0 spiro atoms. The normalized spacial score (nSPS) is 13.3. The largest absolute Gasteiger partial charge is 0.454 e.